The van der Waals surface area contributed by atoms with Gasteiger partial charge in [0.1, 0.15) is 0 Å². The zero-order valence-electron chi connectivity index (χ0n) is 7.66. The Hall–Kier alpha value is -1.34. The summed E-state index contributed by atoms with van der Waals surface area (Å²) in [4.78, 5) is 4.24. The van der Waals surface area contributed by atoms with Gasteiger partial charge in [-0.25, -0.2) is 4.98 Å². The van der Waals surface area contributed by atoms with Crippen LogP contribution in [0.2, 0.25) is 0 Å². The van der Waals surface area contributed by atoms with E-state index in [0.29, 0.717) is 5.56 Å². The third-order valence-electron chi connectivity index (χ3n) is 2.14. The van der Waals surface area contributed by atoms with Crippen LogP contribution in [-0.2, 0) is 6.54 Å². The van der Waals surface area contributed by atoms with E-state index in [4.69, 9.17) is 5.26 Å². The number of nitrogens with zero attached hydrogens (tertiary/aromatic N) is 3. The van der Waals surface area contributed by atoms with Gasteiger partial charge in [-0.1, -0.05) is 0 Å². The Bertz CT molecular complexity index is 522. The van der Waals surface area contributed by atoms with Crippen LogP contribution in [0.5, 0.6) is 0 Å². The molecule has 1 aromatic carbocycles. The van der Waals surface area contributed by atoms with Gasteiger partial charge in [-0.2, -0.15) is 5.26 Å². The fourth-order valence-corrected chi connectivity index (χ4v) is 2.14. The molecule has 14 heavy (non-hydrogen) atoms. The number of benzene rings is 1. The van der Waals surface area contributed by atoms with Gasteiger partial charge < -0.3 is 4.57 Å². The van der Waals surface area contributed by atoms with Crippen molar-refractivity contribution in [1.29, 1.82) is 5.26 Å². The van der Waals surface area contributed by atoms with E-state index in [0.717, 1.165) is 22.1 Å². The molecular weight excluding hydrogens is 242 g/mol. The van der Waals surface area contributed by atoms with Gasteiger partial charge in [0.15, 0.2) is 0 Å². The van der Waals surface area contributed by atoms with E-state index in [1.54, 1.807) is 12.4 Å². The second-order valence-electron chi connectivity index (χ2n) is 2.97. The second-order valence-corrected chi connectivity index (χ2v) is 3.82. The topological polar surface area (TPSA) is 41.6 Å². The monoisotopic (exact) mass is 249 g/mol. The highest BCUT2D eigenvalue weighted by molar-refractivity contribution is 9.10. The molecule has 0 bridgehead atoms. The maximum atomic E-state index is 8.78. The Morgan fingerprint density at radius 3 is 3.00 bits per heavy atom. The standard InChI is InChI=1S/C10H8BrN3/c1-2-14-6-13-9-4-7(5-12)3-8(11)10(9)14/h3-4,6H,2H2,1H3. The first-order valence-corrected chi connectivity index (χ1v) is 5.10. The number of aryl methyl sites for hydroxylation is 1. The summed E-state index contributed by atoms with van der Waals surface area (Å²) in [5.74, 6) is 0. The molecule has 1 heterocycles. The summed E-state index contributed by atoms with van der Waals surface area (Å²) in [7, 11) is 0. The van der Waals surface area contributed by atoms with E-state index < -0.39 is 0 Å². The fourth-order valence-electron chi connectivity index (χ4n) is 1.46. The molecule has 0 atom stereocenters. The molecule has 3 nitrogen and oxygen atoms in total. The fraction of sp³-hybridized carbons (Fsp3) is 0.200. The highest BCUT2D eigenvalue weighted by Gasteiger charge is 2.07. The first-order chi connectivity index (χ1) is 6.76. The van der Waals surface area contributed by atoms with Crippen molar-refractivity contribution in [3.8, 4) is 6.07 Å². The average molecular weight is 250 g/mol. The highest BCUT2D eigenvalue weighted by Crippen LogP contribution is 2.24. The van der Waals surface area contributed by atoms with E-state index >= 15 is 0 Å². The molecule has 0 aliphatic carbocycles. The van der Waals surface area contributed by atoms with Gasteiger partial charge in [0.25, 0.3) is 0 Å². The van der Waals surface area contributed by atoms with Crippen LogP contribution < -0.4 is 0 Å². The predicted octanol–water partition coefficient (Wildman–Crippen LogP) is 2.69. The molecule has 4 heteroatoms. The lowest BCUT2D eigenvalue weighted by molar-refractivity contribution is 0.786. The van der Waals surface area contributed by atoms with Crippen molar-refractivity contribution in [1.82, 2.24) is 9.55 Å². The Kier molecular flexibility index (Phi) is 2.26. The number of aromatic nitrogens is 2. The molecule has 0 N–H and O–H groups in total. The summed E-state index contributed by atoms with van der Waals surface area (Å²) in [5, 5.41) is 8.78. The lowest BCUT2D eigenvalue weighted by atomic mass is 10.2. The average Bonchev–Trinajstić information content (AvgIpc) is 2.61. The largest absolute Gasteiger partial charge is 0.330 e. The third kappa shape index (κ3) is 1.30. The summed E-state index contributed by atoms with van der Waals surface area (Å²) in [6.45, 7) is 2.94. The van der Waals surface area contributed by atoms with Crippen LogP contribution in [0.25, 0.3) is 11.0 Å². The summed E-state index contributed by atoms with van der Waals surface area (Å²) >= 11 is 3.45. The molecule has 0 fully saturated rings. The maximum absolute atomic E-state index is 8.78. The predicted molar refractivity (Wildman–Crippen MR) is 57.8 cm³/mol. The molecule has 2 rings (SSSR count). The molecule has 0 saturated carbocycles. The van der Waals surface area contributed by atoms with E-state index in [1.165, 1.54) is 0 Å². The summed E-state index contributed by atoms with van der Waals surface area (Å²) in [5.41, 5.74) is 2.54. The minimum absolute atomic E-state index is 0.630. The molecule has 2 aromatic rings. The molecular formula is C10H8BrN3. The van der Waals surface area contributed by atoms with Gasteiger partial charge in [0.05, 0.1) is 29.0 Å². The van der Waals surface area contributed by atoms with Gasteiger partial charge in [-0.3, -0.25) is 0 Å². The van der Waals surface area contributed by atoms with E-state index in [-0.39, 0.29) is 0 Å². The quantitative estimate of drug-likeness (QED) is 0.780. The van der Waals surface area contributed by atoms with E-state index in [1.807, 2.05) is 10.6 Å². The van der Waals surface area contributed by atoms with E-state index in [2.05, 4.69) is 33.9 Å². The number of rotatable bonds is 1. The Labute approximate surface area is 90.1 Å². The second kappa shape index (κ2) is 3.43. The number of hydrogen-bond donors (Lipinski definition) is 0. The van der Waals surface area contributed by atoms with Crippen molar-refractivity contribution in [2.75, 3.05) is 0 Å². The van der Waals surface area contributed by atoms with Crippen molar-refractivity contribution >= 4 is 27.0 Å². The summed E-state index contributed by atoms with van der Waals surface area (Å²) < 4.78 is 2.96. The zero-order valence-corrected chi connectivity index (χ0v) is 9.24. The van der Waals surface area contributed by atoms with Crippen molar-refractivity contribution in [3.05, 3.63) is 28.5 Å². The lowest BCUT2D eigenvalue weighted by Crippen LogP contribution is -1.91. The highest BCUT2D eigenvalue weighted by atomic mass is 79.9. The molecule has 0 saturated heterocycles. The van der Waals surface area contributed by atoms with Crippen molar-refractivity contribution in [2.45, 2.75) is 13.5 Å². The van der Waals surface area contributed by atoms with E-state index in [9.17, 15) is 0 Å². The molecule has 0 aliphatic heterocycles. The zero-order chi connectivity index (χ0) is 10.1. The number of hydrogen-bond acceptors (Lipinski definition) is 2. The van der Waals surface area contributed by atoms with Crippen molar-refractivity contribution < 1.29 is 0 Å². The Morgan fingerprint density at radius 1 is 1.57 bits per heavy atom. The molecule has 1 aromatic heterocycles. The number of fused-ring (bicyclic) bond motifs is 1. The maximum Gasteiger partial charge on any atom is 0.0992 e. The van der Waals surface area contributed by atoms with Crippen LogP contribution in [0.1, 0.15) is 12.5 Å². The summed E-state index contributed by atoms with van der Waals surface area (Å²) in [6, 6.07) is 5.72. The molecule has 0 radical (unpaired) electrons. The van der Waals surface area contributed by atoms with Gasteiger partial charge >= 0.3 is 0 Å². The molecule has 0 amide bonds. The van der Waals surface area contributed by atoms with Crippen LogP contribution in [-0.4, -0.2) is 9.55 Å². The molecule has 0 aliphatic rings. The van der Waals surface area contributed by atoms with Crippen molar-refractivity contribution in [2.24, 2.45) is 0 Å². The van der Waals surface area contributed by atoms with Crippen LogP contribution in [0.4, 0.5) is 0 Å². The molecule has 70 valence electrons. The van der Waals surface area contributed by atoms with Gasteiger partial charge in [-0.15, -0.1) is 0 Å². The van der Waals surface area contributed by atoms with Gasteiger partial charge in [-0.05, 0) is 35.0 Å². The normalized spacial score (nSPS) is 10.4. The minimum atomic E-state index is 0.630. The first-order valence-electron chi connectivity index (χ1n) is 4.30. The van der Waals surface area contributed by atoms with Gasteiger partial charge in [0, 0.05) is 11.0 Å². The van der Waals surface area contributed by atoms with Crippen molar-refractivity contribution in [3.63, 3.8) is 0 Å². The van der Waals surface area contributed by atoms with Crippen LogP contribution >= 0.6 is 15.9 Å². The molecule has 0 unspecified atom stereocenters. The van der Waals surface area contributed by atoms with Crippen LogP contribution in [0.15, 0.2) is 22.9 Å². The third-order valence-corrected chi connectivity index (χ3v) is 2.74. The summed E-state index contributed by atoms with van der Waals surface area (Å²) in [6.07, 6.45) is 1.79. The number of nitriles is 1. The minimum Gasteiger partial charge on any atom is -0.330 e. The van der Waals surface area contributed by atoms with Crippen LogP contribution in [0.3, 0.4) is 0 Å². The Morgan fingerprint density at radius 2 is 2.36 bits per heavy atom. The number of halogens is 1. The first kappa shape index (κ1) is 9.22. The lowest BCUT2D eigenvalue weighted by Gasteiger charge is -2.01. The number of imidazole rings is 1. The van der Waals surface area contributed by atoms with Gasteiger partial charge in [0.2, 0.25) is 0 Å². The SMILES string of the molecule is CCn1cnc2cc(C#N)cc(Br)c21. The van der Waals surface area contributed by atoms with Crippen LogP contribution in [0, 0.1) is 11.3 Å². The molecule has 0 spiro atoms. The Balaban J connectivity index is 2.80. The smallest absolute Gasteiger partial charge is 0.0992 e.